The molecule has 0 aliphatic rings. The van der Waals surface area contributed by atoms with Gasteiger partial charge in [0.15, 0.2) is 0 Å². The van der Waals surface area contributed by atoms with E-state index in [1.165, 1.54) is 11.8 Å². The highest BCUT2D eigenvalue weighted by Crippen LogP contribution is 2.27. The van der Waals surface area contributed by atoms with Crippen LogP contribution in [0, 0.1) is 5.92 Å². The molecule has 3 atom stereocenters. The number of aliphatic hydroxyl groups excluding tert-OH is 3. The van der Waals surface area contributed by atoms with Gasteiger partial charge in [-0.05, 0) is 27.4 Å². The summed E-state index contributed by atoms with van der Waals surface area (Å²) >= 11 is 0. The summed E-state index contributed by atoms with van der Waals surface area (Å²) < 4.78 is 0. The number of aliphatic hydroxyl groups is 3. The van der Waals surface area contributed by atoms with Gasteiger partial charge in [0.25, 0.3) is 0 Å². The number of aliphatic carboxylic acids is 1. The molecule has 0 spiro atoms. The Labute approximate surface area is 95.1 Å². The number of rotatable bonds is 7. The second-order valence-corrected chi connectivity index (χ2v) is 4.30. The molecule has 3 unspecified atom stereocenters. The van der Waals surface area contributed by atoms with Crippen LogP contribution in [-0.2, 0) is 4.79 Å². The molecule has 0 amide bonds. The Morgan fingerprint density at radius 1 is 1.31 bits per heavy atom. The van der Waals surface area contributed by atoms with Crippen LogP contribution in [0.5, 0.6) is 0 Å². The lowest BCUT2D eigenvalue weighted by molar-refractivity contribution is -0.154. The fourth-order valence-corrected chi connectivity index (χ4v) is 1.62. The van der Waals surface area contributed by atoms with E-state index in [0.29, 0.717) is 0 Å². The molecule has 0 aliphatic carbocycles. The van der Waals surface area contributed by atoms with Crippen LogP contribution in [0.15, 0.2) is 0 Å². The third-order valence-corrected chi connectivity index (χ3v) is 3.14. The Balaban J connectivity index is 4.93. The van der Waals surface area contributed by atoms with E-state index >= 15 is 0 Å². The van der Waals surface area contributed by atoms with Gasteiger partial charge in [0.1, 0.15) is 5.54 Å². The summed E-state index contributed by atoms with van der Waals surface area (Å²) in [6.45, 7) is 0.679. The van der Waals surface area contributed by atoms with Crippen LogP contribution in [0.25, 0.3) is 0 Å². The Bertz CT molecular complexity index is 233. The normalized spacial score (nSPS) is 19.2. The van der Waals surface area contributed by atoms with Crippen molar-refractivity contribution in [3.63, 3.8) is 0 Å². The topological polar surface area (TPSA) is 101 Å². The first-order valence-electron chi connectivity index (χ1n) is 5.11. The SMILES string of the molecule is CN(C)C(C)(C(=O)O)C(CO)CC(O)CO. The van der Waals surface area contributed by atoms with Crippen molar-refractivity contribution in [1.82, 2.24) is 4.90 Å². The van der Waals surface area contributed by atoms with Crippen LogP contribution in [0.2, 0.25) is 0 Å². The summed E-state index contributed by atoms with van der Waals surface area (Å²) in [5.74, 6) is -1.72. The van der Waals surface area contributed by atoms with Crippen molar-refractivity contribution in [2.75, 3.05) is 27.3 Å². The average molecular weight is 235 g/mol. The Morgan fingerprint density at radius 2 is 1.81 bits per heavy atom. The number of nitrogens with zero attached hydrogens (tertiary/aromatic N) is 1. The highest BCUT2D eigenvalue weighted by molar-refractivity contribution is 5.78. The minimum absolute atomic E-state index is 0.0357. The number of carboxylic acids is 1. The van der Waals surface area contributed by atoms with Gasteiger partial charge in [-0.15, -0.1) is 0 Å². The first-order chi connectivity index (χ1) is 7.30. The molecule has 0 saturated carbocycles. The third kappa shape index (κ3) is 3.15. The monoisotopic (exact) mass is 235 g/mol. The zero-order valence-corrected chi connectivity index (χ0v) is 9.92. The molecule has 0 saturated heterocycles. The second kappa shape index (κ2) is 6.15. The highest BCUT2D eigenvalue weighted by atomic mass is 16.4. The van der Waals surface area contributed by atoms with Crippen molar-refractivity contribution in [1.29, 1.82) is 0 Å². The van der Waals surface area contributed by atoms with E-state index in [1.807, 2.05) is 0 Å². The molecular formula is C10H21NO5. The fourth-order valence-electron chi connectivity index (χ4n) is 1.62. The van der Waals surface area contributed by atoms with Crippen LogP contribution in [-0.4, -0.2) is 70.2 Å². The van der Waals surface area contributed by atoms with E-state index in [1.54, 1.807) is 14.1 Å². The Kier molecular flexibility index (Phi) is 5.88. The Hall–Kier alpha value is -0.690. The van der Waals surface area contributed by atoms with E-state index in [0.717, 1.165) is 0 Å². The lowest BCUT2D eigenvalue weighted by Crippen LogP contribution is -2.56. The van der Waals surface area contributed by atoms with Crippen molar-refractivity contribution < 1.29 is 25.2 Å². The molecule has 0 fully saturated rings. The molecule has 0 rings (SSSR count). The molecule has 0 aromatic rings. The van der Waals surface area contributed by atoms with Gasteiger partial charge in [0.05, 0.1) is 12.7 Å². The standard InChI is InChI=1S/C10H21NO5/c1-10(9(15)16,11(2)3)7(5-12)4-8(14)6-13/h7-8,12-14H,4-6H2,1-3H3,(H,15,16). The molecule has 0 aromatic carbocycles. The Morgan fingerprint density at radius 3 is 2.06 bits per heavy atom. The smallest absolute Gasteiger partial charge is 0.324 e. The maximum atomic E-state index is 11.2. The van der Waals surface area contributed by atoms with E-state index in [9.17, 15) is 20.1 Å². The molecule has 16 heavy (non-hydrogen) atoms. The van der Waals surface area contributed by atoms with E-state index in [4.69, 9.17) is 5.11 Å². The first-order valence-corrected chi connectivity index (χ1v) is 5.11. The van der Waals surface area contributed by atoms with Gasteiger partial charge in [-0.3, -0.25) is 9.69 Å². The fraction of sp³-hybridized carbons (Fsp3) is 0.900. The maximum absolute atomic E-state index is 11.2. The third-order valence-electron chi connectivity index (χ3n) is 3.14. The van der Waals surface area contributed by atoms with Crippen LogP contribution in [0.3, 0.4) is 0 Å². The molecule has 0 aliphatic heterocycles. The average Bonchev–Trinajstić information content (AvgIpc) is 2.23. The number of carboxylic acid groups (broad SMARTS) is 1. The van der Waals surface area contributed by atoms with Gasteiger partial charge in [-0.2, -0.15) is 0 Å². The molecule has 0 heterocycles. The molecule has 6 heteroatoms. The lowest BCUT2D eigenvalue weighted by Gasteiger charge is -2.39. The largest absolute Gasteiger partial charge is 0.480 e. The van der Waals surface area contributed by atoms with Crippen molar-refractivity contribution >= 4 is 5.97 Å². The number of hydrogen-bond acceptors (Lipinski definition) is 5. The molecule has 0 bridgehead atoms. The van der Waals surface area contributed by atoms with E-state index in [-0.39, 0.29) is 13.0 Å². The molecule has 96 valence electrons. The van der Waals surface area contributed by atoms with Gasteiger partial charge < -0.3 is 20.4 Å². The number of likely N-dealkylation sites (N-methyl/N-ethyl adjacent to an activating group) is 1. The number of hydrogen-bond donors (Lipinski definition) is 4. The molecule has 0 radical (unpaired) electrons. The van der Waals surface area contributed by atoms with Crippen LogP contribution >= 0.6 is 0 Å². The molecule has 0 aromatic heterocycles. The number of carbonyl (C=O) groups is 1. The van der Waals surface area contributed by atoms with Crippen molar-refractivity contribution in [3.05, 3.63) is 0 Å². The zero-order valence-electron chi connectivity index (χ0n) is 9.92. The van der Waals surface area contributed by atoms with Gasteiger partial charge in [-0.25, -0.2) is 0 Å². The summed E-state index contributed by atoms with van der Waals surface area (Å²) in [5.41, 5.74) is -1.27. The predicted molar refractivity (Wildman–Crippen MR) is 58.0 cm³/mol. The maximum Gasteiger partial charge on any atom is 0.324 e. The molecular weight excluding hydrogens is 214 g/mol. The summed E-state index contributed by atoms with van der Waals surface area (Å²) in [6.07, 6.45) is -0.982. The summed E-state index contributed by atoms with van der Waals surface area (Å²) in [7, 11) is 3.20. The highest BCUT2D eigenvalue weighted by Gasteiger charge is 2.43. The quantitative estimate of drug-likeness (QED) is 0.439. The van der Waals surface area contributed by atoms with Gasteiger partial charge in [0, 0.05) is 12.5 Å². The summed E-state index contributed by atoms with van der Waals surface area (Å²) in [6, 6.07) is 0. The van der Waals surface area contributed by atoms with Crippen molar-refractivity contribution in [2.45, 2.75) is 25.0 Å². The van der Waals surface area contributed by atoms with Crippen molar-refractivity contribution in [2.24, 2.45) is 5.92 Å². The molecule has 6 nitrogen and oxygen atoms in total. The van der Waals surface area contributed by atoms with E-state index in [2.05, 4.69) is 0 Å². The van der Waals surface area contributed by atoms with Crippen LogP contribution in [0.1, 0.15) is 13.3 Å². The second-order valence-electron chi connectivity index (χ2n) is 4.30. The lowest BCUT2D eigenvalue weighted by atomic mass is 9.81. The summed E-state index contributed by atoms with van der Waals surface area (Å²) in [5, 5.41) is 36.5. The van der Waals surface area contributed by atoms with Crippen LogP contribution < -0.4 is 0 Å². The minimum atomic E-state index is -1.27. The van der Waals surface area contributed by atoms with Gasteiger partial charge >= 0.3 is 5.97 Å². The van der Waals surface area contributed by atoms with E-state index < -0.39 is 30.1 Å². The van der Waals surface area contributed by atoms with Crippen molar-refractivity contribution in [3.8, 4) is 0 Å². The van der Waals surface area contributed by atoms with Crippen LogP contribution in [0.4, 0.5) is 0 Å². The first kappa shape index (κ1) is 15.3. The predicted octanol–water partition coefficient (Wildman–Crippen LogP) is -1.26. The zero-order chi connectivity index (χ0) is 12.9. The van der Waals surface area contributed by atoms with Gasteiger partial charge in [0.2, 0.25) is 0 Å². The minimum Gasteiger partial charge on any atom is -0.480 e. The van der Waals surface area contributed by atoms with Gasteiger partial charge in [-0.1, -0.05) is 0 Å². The molecule has 4 N–H and O–H groups in total. The summed E-state index contributed by atoms with van der Waals surface area (Å²) in [4.78, 5) is 12.7.